The lowest BCUT2D eigenvalue weighted by molar-refractivity contribution is 0.416. The van der Waals surface area contributed by atoms with Crippen LogP contribution >= 0.6 is 0 Å². The van der Waals surface area contributed by atoms with Gasteiger partial charge in [-0.15, -0.1) is 0 Å². The second kappa shape index (κ2) is 6.97. The van der Waals surface area contributed by atoms with Gasteiger partial charge in [0, 0.05) is 12.1 Å². The van der Waals surface area contributed by atoms with Gasteiger partial charge in [0.25, 0.3) is 5.56 Å². The first-order valence-electron chi connectivity index (χ1n) is 7.31. The summed E-state index contributed by atoms with van der Waals surface area (Å²) in [7, 11) is 1.63. The number of aromatic nitrogens is 1. The van der Waals surface area contributed by atoms with Gasteiger partial charge in [-0.2, -0.15) is 0 Å². The molecule has 4 nitrogen and oxygen atoms in total. The number of nitrogens with two attached hydrogens (primary N) is 1. The molecule has 112 valence electrons. The van der Waals surface area contributed by atoms with E-state index in [4.69, 9.17) is 10.5 Å². The lowest BCUT2D eigenvalue weighted by Gasteiger charge is -2.16. The van der Waals surface area contributed by atoms with Crippen LogP contribution in [0.1, 0.15) is 26.2 Å². The Labute approximate surface area is 125 Å². The van der Waals surface area contributed by atoms with Gasteiger partial charge in [-0.25, -0.2) is 0 Å². The zero-order valence-corrected chi connectivity index (χ0v) is 12.6. The van der Waals surface area contributed by atoms with E-state index in [0.717, 1.165) is 36.3 Å². The summed E-state index contributed by atoms with van der Waals surface area (Å²) in [6, 6.07) is 11.3. The van der Waals surface area contributed by atoms with E-state index in [1.807, 2.05) is 30.3 Å². The van der Waals surface area contributed by atoms with Crippen LogP contribution in [0.4, 0.5) is 5.69 Å². The van der Waals surface area contributed by atoms with E-state index in [-0.39, 0.29) is 11.2 Å². The summed E-state index contributed by atoms with van der Waals surface area (Å²) in [4.78, 5) is 12.4. The number of rotatable bonds is 6. The molecule has 0 spiro atoms. The molecule has 2 aromatic rings. The normalized spacial score (nSPS) is 10.6. The fraction of sp³-hybridized carbons (Fsp3) is 0.353. The Balaban J connectivity index is 2.52. The van der Waals surface area contributed by atoms with E-state index in [1.165, 1.54) is 0 Å². The summed E-state index contributed by atoms with van der Waals surface area (Å²) in [5, 5.41) is 0. The summed E-state index contributed by atoms with van der Waals surface area (Å²) in [5.74, 6) is 0.755. The van der Waals surface area contributed by atoms with Gasteiger partial charge < -0.3 is 15.0 Å². The molecule has 2 N–H and O–H groups in total. The van der Waals surface area contributed by atoms with Crippen LogP contribution in [0.3, 0.4) is 0 Å². The molecule has 0 atom stereocenters. The molecule has 0 aliphatic carbocycles. The van der Waals surface area contributed by atoms with Crippen LogP contribution in [0.15, 0.2) is 41.2 Å². The van der Waals surface area contributed by atoms with Crippen molar-refractivity contribution in [3.05, 3.63) is 46.8 Å². The number of anilines is 1. The summed E-state index contributed by atoms with van der Waals surface area (Å²) < 4.78 is 7.16. The highest BCUT2D eigenvalue weighted by Crippen LogP contribution is 2.29. The molecule has 0 bridgehead atoms. The number of methoxy groups -OCH3 is 1. The van der Waals surface area contributed by atoms with E-state index in [1.54, 1.807) is 17.7 Å². The molecular weight excluding hydrogens is 264 g/mol. The maximum atomic E-state index is 12.4. The standard InChI is InChI=1S/C17H22N2O2/c1-3-4-7-12-19-15(11-10-14(18)17(19)20)13-8-5-6-9-16(13)21-2/h5-6,8-11H,3-4,7,12,18H2,1-2H3. The number of benzene rings is 1. The summed E-state index contributed by atoms with van der Waals surface area (Å²) in [5.41, 5.74) is 7.69. The van der Waals surface area contributed by atoms with Crippen molar-refractivity contribution < 1.29 is 4.74 Å². The van der Waals surface area contributed by atoms with Crippen LogP contribution in [0.2, 0.25) is 0 Å². The van der Waals surface area contributed by atoms with Crippen molar-refractivity contribution >= 4 is 5.69 Å². The van der Waals surface area contributed by atoms with Crippen molar-refractivity contribution in [2.75, 3.05) is 12.8 Å². The Kier molecular flexibility index (Phi) is 5.04. The monoisotopic (exact) mass is 286 g/mol. The fourth-order valence-electron chi connectivity index (χ4n) is 2.43. The van der Waals surface area contributed by atoms with Crippen molar-refractivity contribution in [2.45, 2.75) is 32.7 Å². The Bertz CT molecular complexity index is 662. The van der Waals surface area contributed by atoms with Crippen LogP contribution in [0, 0.1) is 0 Å². The Morgan fingerprint density at radius 3 is 2.62 bits per heavy atom. The van der Waals surface area contributed by atoms with Gasteiger partial charge >= 0.3 is 0 Å². The highest BCUT2D eigenvalue weighted by molar-refractivity contribution is 5.68. The molecule has 0 amide bonds. The first-order valence-corrected chi connectivity index (χ1v) is 7.31. The molecule has 1 heterocycles. The molecule has 0 aliphatic heterocycles. The smallest absolute Gasteiger partial charge is 0.274 e. The molecule has 2 rings (SSSR count). The molecule has 0 aliphatic rings. The van der Waals surface area contributed by atoms with Crippen LogP contribution < -0.4 is 16.0 Å². The third-order valence-corrected chi connectivity index (χ3v) is 3.57. The van der Waals surface area contributed by atoms with Crippen LogP contribution in [0.25, 0.3) is 11.3 Å². The first-order chi connectivity index (χ1) is 10.2. The molecule has 21 heavy (non-hydrogen) atoms. The molecular formula is C17H22N2O2. The minimum atomic E-state index is -0.130. The number of pyridine rings is 1. The van der Waals surface area contributed by atoms with E-state index in [9.17, 15) is 4.79 Å². The summed E-state index contributed by atoms with van der Waals surface area (Å²) in [6.45, 7) is 2.81. The predicted octanol–water partition coefficient (Wildman–Crippen LogP) is 3.30. The Morgan fingerprint density at radius 2 is 1.90 bits per heavy atom. The summed E-state index contributed by atoms with van der Waals surface area (Å²) >= 11 is 0. The largest absolute Gasteiger partial charge is 0.496 e. The Hall–Kier alpha value is -2.23. The maximum Gasteiger partial charge on any atom is 0.274 e. The molecule has 1 aromatic heterocycles. The van der Waals surface area contributed by atoms with Gasteiger partial charge in [-0.3, -0.25) is 4.79 Å². The fourth-order valence-corrected chi connectivity index (χ4v) is 2.43. The van der Waals surface area contributed by atoms with Gasteiger partial charge in [-0.1, -0.05) is 31.9 Å². The van der Waals surface area contributed by atoms with Crippen molar-refractivity contribution in [2.24, 2.45) is 0 Å². The van der Waals surface area contributed by atoms with Crippen molar-refractivity contribution in [1.29, 1.82) is 0 Å². The highest BCUT2D eigenvalue weighted by atomic mass is 16.5. The quantitative estimate of drug-likeness (QED) is 0.829. The molecule has 4 heteroatoms. The molecule has 0 fully saturated rings. The van der Waals surface area contributed by atoms with Gasteiger partial charge in [0.05, 0.1) is 18.5 Å². The molecule has 0 saturated heterocycles. The predicted molar refractivity (Wildman–Crippen MR) is 86.6 cm³/mol. The summed E-state index contributed by atoms with van der Waals surface area (Å²) in [6.07, 6.45) is 3.16. The SMILES string of the molecule is CCCCCn1c(-c2ccccc2OC)ccc(N)c1=O. The zero-order chi connectivity index (χ0) is 15.2. The molecule has 1 aromatic carbocycles. The average molecular weight is 286 g/mol. The lowest BCUT2D eigenvalue weighted by atomic mass is 10.1. The minimum Gasteiger partial charge on any atom is -0.496 e. The minimum absolute atomic E-state index is 0.130. The number of ether oxygens (including phenoxy) is 1. The van der Waals surface area contributed by atoms with E-state index in [0.29, 0.717) is 6.54 Å². The number of nitrogens with zero attached hydrogens (tertiary/aromatic N) is 1. The topological polar surface area (TPSA) is 57.2 Å². The Morgan fingerprint density at radius 1 is 1.14 bits per heavy atom. The molecule has 0 saturated carbocycles. The average Bonchev–Trinajstić information content (AvgIpc) is 2.52. The third-order valence-electron chi connectivity index (χ3n) is 3.57. The van der Waals surface area contributed by atoms with Crippen LogP contribution in [0.5, 0.6) is 5.75 Å². The second-order valence-corrected chi connectivity index (χ2v) is 5.04. The number of para-hydroxylation sites is 1. The van der Waals surface area contributed by atoms with Gasteiger partial charge in [0.2, 0.25) is 0 Å². The molecule has 0 radical (unpaired) electrons. The van der Waals surface area contributed by atoms with Crippen molar-refractivity contribution in [3.8, 4) is 17.0 Å². The van der Waals surface area contributed by atoms with Crippen molar-refractivity contribution in [1.82, 2.24) is 4.57 Å². The number of unbranched alkanes of at least 4 members (excludes halogenated alkanes) is 2. The van der Waals surface area contributed by atoms with E-state index < -0.39 is 0 Å². The maximum absolute atomic E-state index is 12.4. The lowest BCUT2D eigenvalue weighted by Crippen LogP contribution is -2.24. The van der Waals surface area contributed by atoms with Gasteiger partial charge in [0.15, 0.2) is 0 Å². The van der Waals surface area contributed by atoms with E-state index >= 15 is 0 Å². The molecule has 0 unspecified atom stereocenters. The van der Waals surface area contributed by atoms with Crippen LogP contribution in [-0.2, 0) is 6.54 Å². The zero-order valence-electron chi connectivity index (χ0n) is 12.6. The third kappa shape index (κ3) is 3.27. The second-order valence-electron chi connectivity index (χ2n) is 5.04. The van der Waals surface area contributed by atoms with E-state index in [2.05, 4.69) is 6.92 Å². The number of hydrogen-bond donors (Lipinski definition) is 1. The van der Waals surface area contributed by atoms with Crippen molar-refractivity contribution in [3.63, 3.8) is 0 Å². The first kappa shape index (κ1) is 15.2. The highest BCUT2D eigenvalue weighted by Gasteiger charge is 2.12. The number of hydrogen-bond acceptors (Lipinski definition) is 3. The van der Waals surface area contributed by atoms with Gasteiger partial charge in [0.1, 0.15) is 5.75 Å². The number of nitrogen functional groups attached to an aromatic ring is 1. The van der Waals surface area contributed by atoms with Gasteiger partial charge in [-0.05, 0) is 30.7 Å². The van der Waals surface area contributed by atoms with Crippen LogP contribution in [-0.4, -0.2) is 11.7 Å².